The number of phenolic OH excluding ortho intramolecular Hbond substituents is 1. The number of methoxy groups -OCH3 is 1. The zero-order chi connectivity index (χ0) is 15.0. The fourth-order valence-corrected chi connectivity index (χ4v) is 4.18. The first-order valence-electron chi connectivity index (χ1n) is 7.99. The first-order valence-corrected chi connectivity index (χ1v) is 7.99. The number of aromatic hydroxyl groups is 1. The van der Waals surface area contributed by atoms with E-state index < -0.39 is 0 Å². The van der Waals surface area contributed by atoms with Crippen LogP contribution in [0.5, 0.6) is 11.5 Å². The summed E-state index contributed by atoms with van der Waals surface area (Å²) in [6.45, 7) is 8.04. The predicted molar refractivity (Wildman–Crippen MR) is 83.7 cm³/mol. The lowest BCUT2D eigenvalue weighted by molar-refractivity contribution is 0.165. The molecule has 1 aromatic rings. The number of benzene rings is 1. The Morgan fingerprint density at radius 1 is 1.43 bits per heavy atom. The van der Waals surface area contributed by atoms with E-state index in [0.29, 0.717) is 17.8 Å². The molecular weight excluding hydrogens is 264 g/mol. The third kappa shape index (κ3) is 2.51. The Morgan fingerprint density at radius 2 is 2.24 bits per heavy atom. The Morgan fingerprint density at radius 3 is 2.95 bits per heavy atom. The summed E-state index contributed by atoms with van der Waals surface area (Å²) in [5, 5.41) is 13.3. The summed E-state index contributed by atoms with van der Waals surface area (Å²) in [4.78, 5) is 2.64. The summed E-state index contributed by atoms with van der Waals surface area (Å²) in [5.74, 6) is 2.35. The standard InChI is InChI=1S/C17H26N2O2/c1-4-15-14-9-18-8-13(14)10-19(15)11(2)12-5-6-16(20)17(7-12)21-3/h5-7,11,13-15,18,20H,4,8-10H2,1-3H3. The number of hydrogen-bond donors (Lipinski definition) is 2. The van der Waals surface area contributed by atoms with E-state index in [2.05, 4.69) is 24.1 Å². The molecule has 0 bridgehead atoms. The fraction of sp³-hybridized carbons (Fsp3) is 0.647. The molecule has 4 nitrogen and oxygen atoms in total. The molecule has 0 saturated carbocycles. The SMILES string of the molecule is CCC1C2CNCC2CN1C(C)c1ccc(O)c(OC)c1. The lowest BCUT2D eigenvalue weighted by atomic mass is 9.92. The summed E-state index contributed by atoms with van der Waals surface area (Å²) >= 11 is 0. The van der Waals surface area contributed by atoms with Gasteiger partial charge in [0.2, 0.25) is 0 Å². The number of phenols is 1. The predicted octanol–water partition coefficient (Wildman–Crippen LogP) is 2.39. The van der Waals surface area contributed by atoms with Gasteiger partial charge in [-0.05, 0) is 56.0 Å². The summed E-state index contributed by atoms with van der Waals surface area (Å²) in [6, 6.07) is 6.74. The highest BCUT2D eigenvalue weighted by molar-refractivity contribution is 5.42. The number of rotatable bonds is 4. The first-order chi connectivity index (χ1) is 10.2. The fourth-order valence-electron chi connectivity index (χ4n) is 4.18. The molecule has 1 aromatic carbocycles. The maximum Gasteiger partial charge on any atom is 0.160 e. The molecule has 4 atom stereocenters. The van der Waals surface area contributed by atoms with E-state index in [4.69, 9.17) is 4.74 Å². The molecule has 0 spiro atoms. The van der Waals surface area contributed by atoms with Crippen LogP contribution in [0.25, 0.3) is 0 Å². The molecule has 2 aliphatic rings. The maximum absolute atomic E-state index is 9.76. The van der Waals surface area contributed by atoms with Gasteiger partial charge in [0.25, 0.3) is 0 Å². The molecule has 0 radical (unpaired) electrons. The van der Waals surface area contributed by atoms with Gasteiger partial charge in [0.15, 0.2) is 11.5 Å². The molecule has 0 aliphatic carbocycles. The molecule has 0 aromatic heterocycles. The van der Waals surface area contributed by atoms with Crippen molar-refractivity contribution in [1.82, 2.24) is 10.2 Å². The van der Waals surface area contributed by atoms with E-state index in [1.807, 2.05) is 12.1 Å². The van der Waals surface area contributed by atoms with Crippen LogP contribution < -0.4 is 10.1 Å². The van der Waals surface area contributed by atoms with Gasteiger partial charge in [0.1, 0.15) is 0 Å². The Bertz CT molecular complexity index is 506. The summed E-state index contributed by atoms with van der Waals surface area (Å²) in [7, 11) is 1.60. The topological polar surface area (TPSA) is 44.7 Å². The molecule has 2 aliphatic heterocycles. The zero-order valence-electron chi connectivity index (χ0n) is 13.2. The van der Waals surface area contributed by atoms with Gasteiger partial charge in [0.05, 0.1) is 7.11 Å². The number of hydrogen-bond acceptors (Lipinski definition) is 4. The van der Waals surface area contributed by atoms with Crippen molar-refractivity contribution in [3.05, 3.63) is 23.8 Å². The third-order valence-corrected chi connectivity index (χ3v) is 5.36. The molecule has 2 fully saturated rings. The average molecular weight is 290 g/mol. The van der Waals surface area contributed by atoms with Gasteiger partial charge in [-0.25, -0.2) is 0 Å². The summed E-state index contributed by atoms with van der Waals surface area (Å²) in [5.41, 5.74) is 1.22. The molecule has 0 amide bonds. The van der Waals surface area contributed by atoms with Crippen LogP contribution in [0.3, 0.4) is 0 Å². The monoisotopic (exact) mass is 290 g/mol. The van der Waals surface area contributed by atoms with E-state index in [0.717, 1.165) is 24.9 Å². The molecule has 2 saturated heterocycles. The Kier molecular flexibility index (Phi) is 4.09. The van der Waals surface area contributed by atoms with E-state index in [-0.39, 0.29) is 5.75 Å². The van der Waals surface area contributed by atoms with Crippen LogP contribution in [0.2, 0.25) is 0 Å². The maximum atomic E-state index is 9.76. The van der Waals surface area contributed by atoms with Crippen molar-refractivity contribution >= 4 is 0 Å². The van der Waals surface area contributed by atoms with E-state index in [9.17, 15) is 5.11 Å². The van der Waals surface area contributed by atoms with Crippen molar-refractivity contribution in [2.75, 3.05) is 26.7 Å². The molecule has 116 valence electrons. The van der Waals surface area contributed by atoms with Crippen molar-refractivity contribution in [2.45, 2.75) is 32.4 Å². The summed E-state index contributed by atoms with van der Waals surface area (Å²) < 4.78 is 5.25. The van der Waals surface area contributed by atoms with Crippen LogP contribution in [-0.4, -0.2) is 42.8 Å². The molecule has 3 rings (SSSR count). The number of fused-ring (bicyclic) bond motifs is 1. The van der Waals surface area contributed by atoms with Gasteiger partial charge in [-0.3, -0.25) is 4.90 Å². The molecule has 4 unspecified atom stereocenters. The van der Waals surface area contributed by atoms with Gasteiger partial charge < -0.3 is 15.2 Å². The van der Waals surface area contributed by atoms with Crippen LogP contribution in [0, 0.1) is 11.8 Å². The highest BCUT2D eigenvalue weighted by atomic mass is 16.5. The van der Waals surface area contributed by atoms with E-state index in [1.54, 1.807) is 13.2 Å². The van der Waals surface area contributed by atoms with Crippen LogP contribution in [0.1, 0.15) is 31.9 Å². The minimum absolute atomic E-state index is 0.211. The number of likely N-dealkylation sites (tertiary alicyclic amines) is 1. The van der Waals surface area contributed by atoms with Gasteiger partial charge in [-0.2, -0.15) is 0 Å². The average Bonchev–Trinajstić information content (AvgIpc) is 3.07. The Labute approximate surface area is 127 Å². The Hall–Kier alpha value is -1.26. The lowest BCUT2D eigenvalue weighted by Crippen LogP contribution is -2.36. The second kappa shape index (κ2) is 5.85. The van der Waals surface area contributed by atoms with Crippen LogP contribution in [0.4, 0.5) is 0 Å². The summed E-state index contributed by atoms with van der Waals surface area (Å²) in [6.07, 6.45) is 1.20. The first kappa shape index (κ1) is 14.7. The van der Waals surface area contributed by atoms with Gasteiger partial charge in [-0.15, -0.1) is 0 Å². The van der Waals surface area contributed by atoms with Crippen LogP contribution in [0.15, 0.2) is 18.2 Å². The quantitative estimate of drug-likeness (QED) is 0.894. The van der Waals surface area contributed by atoms with Crippen molar-refractivity contribution in [3.8, 4) is 11.5 Å². The van der Waals surface area contributed by atoms with Gasteiger partial charge in [0, 0.05) is 18.6 Å². The van der Waals surface area contributed by atoms with Crippen molar-refractivity contribution in [3.63, 3.8) is 0 Å². The minimum Gasteiger partial charge on any atom is -0.504 e. The zero-order valence-corrected chi connectivity index (χ0v) is 13.2. The van der Waals surface area contributed by atoms with Crippen LogP contribution >= 0.6 is 0 Å². The third-order valence-electron chi connectivity index (χ3n) is 5.36. The second-order valence-electron chi connectivity index (χ2n) is 6.36. The molecule has 21 heavy (non-hydrogen) atoms. The molecule has 4 heteroatoms. The second-order valence-corrected chi connectivity index (χ2v) is 6.36. The van der Waals surface area contributed by atoms with E-state index >= 15 is 0 Å². The van der Waals surface area contributed by atoms with Crippen LogP contribution in [-0.2, 0) is 0 Å². The minimum atomic E-state index is 0.211. The van der Waals surface area contributed by atoms with Gasteiger partial charge in [-0.1, -0.05) is 13.0 Å². The van der Waals surface area contributed by atoms with Crippen molar-refractivity contribution < 1.29 is 9.84 Å². The van der Waals surface area contributed by atoms with Gasteiger partial charge >= 0.3 is 0 Å². The van der Waals surface area contributed by atoms with E-state index in [1.165, 1.54) is 18.5 Å². The lowest BCUT2D eigenvalue weighted by Gasteiger charge is -2.33. The Balaban J connectivity index is 1.83. The molecule has 2 heterocycles. The van der Waals surface area contributed by atoms with Crippen molar-refractivity contribution in [2.24, 2.45) is 11.8 Å². The van der Waals surface area contributed by atoms with Crippen molar-refractivity contribution in [1.29, 1.82) is 0 Å². The highest BCUT2D eigenvalue weighted by Crippen LogP contribution is 2.40. The number of ether oxygens (including phenoxy) is 1. The smallest absolute Gasteiger partial charge is 0.160 e. The normalized spacial score (nSPS) is 30.3. The number of nitrogens with one attached hydrogen (secondary N) is 1. The highest BCUT2D eigenvalue weighted by Gasteiger charge is 2.44. The molecular formula is C17H26N2O2. The molecule has 2 N–H and O–H groups in total. The largest absolute Gasteiger partial charge is 0.504 e. The number of nitrogens with zero attached hydrogens (tertiary/aromatic N) is 1.